The van der Waals surface area contributed by atoms with Gasteiger partial charge in [0.05, 0.1) is 6.10 Å². The minimum absolute atomic E-state index is 0.444. The fourth-order valence-corrected chi connectivity index (χ4v) is 2.53. The molecule has 0 aliphatic carbocycles. The average molecular weight is 294 g/mol. The number of fused-ring (bicyclic) bond motifs is 1. The van der Waals surface area contributed by atoms with Gasteiger partial charge < -0.3 is 19.7 Å². The third-order valence-corrected chi connectivity index (χ3v) is 3.52. The van der Waals surface area contributed by atoms with Gasteiger partial charge in [-0.15, -0.1) is 0 Å². The highest BCUT2D eigenvalue weighted by Crippen LogP contribution is 2.41. The van der Waals surface area contributed by atoms with Gasteiger partial charge in [-0.3, -0.25) is 0 Å². The molecule has 0 radical (unpaired) electrons. The molecule has 21 heavy (non-hydrogen) atoms. The molecule has 0 bridgehead atoms. The van der Waals surface area contributed by atoms with Crippen LogP contribution in [0.5, 0.6) is 11.5 Å². The number of aliphatic hydroxyl groups excluding tert-OH is 1. The predicted molar refractivity (Wildman–Crippen MR) is 77.7 cm³/mol. The zero-order valence-electron chi connectivity index (χ0n) is 12.6. The lowest BCUT2D eigenvalue weighted by molar-refractivity contribution is -0.145. The number of carbonyl (C=O) groups is 1. The van der Waals surface area contributed by atoms with Gasteiger partial charge >= 0.3 is 5.97 Å². The number of aliphatic hydroxyl groups is 1. The number of carboxylic acid groups (broad SMARTS) is 1. The van der Waals surface area contributed by atoms with E-state index in [1.54, 1.807) is 18.2 Å². The van der Waals surface area contributed by atoms with E-state index >= 15 is 0 Å². The molecule has 0 saturated heterocycles. The van der Waals surface area contributed by atoms with E-state index in [9.17, 15) is 9.90 Å². The van der Waals surface area contributed by atoms with Gasteiger partial charge in [0.15, 0.2) is 6.10 Å². The smallest absolute Gasteiger partial charge is 0.344 e. The number of ether oxygens (including phenoxy) is 2. The van der Waals surface area contributed by atoms with Crippen LogP contribution in [-0.4, -0.2) is 27.9 Å². The first-order valence-electron chi connectivity index (χ1n) is 7.23. The van der Waals surface area contributed by atoms with Crippen LogP contribution in [0, 0.1) is 0 Å². The van der Waals surface area contributed by atoms with Gasteiger partial charge in [0, 0.05) is 18.1 Å². The highest BCUT2D eigenvalue weighted by atomic mass is 16.5. The Morgan fingerprint density at radius 3 is 2.86 bits per heavy atom. The Kier molecular flexibility index (Phi) is 4.42. The minimum Gasteiger partial charge on any atom is -0.487 e. The number of benzene rings is 1. The van der Waals surface area contributed by atoms with E-state index < -0.39 is 23.8 Å². The highest BCUT2D eigenvalue weighted by Gasteiger charge is 2.33. The van der Waals surface area contributed by atoms with Gasteiger partial charge in [-0.05, 0) is 32.4 Å². The minimum atomic E-state index is -0.976. The number of carboxylic acids is 1. The normalized spacial score (nSPS) is 21.0. The molecule has 1 aromatic rings. The van der Waals surface area contributed by atoms with Gasteiger partial charge in [-0.2, -0.15) is 0 Å². The highest BCUT2D eigenvalue weighted by molar-refractivity contribution is 5.72. The first kappa shape index (κ1) is 15.6. The summed E-state index contributed by atoms with van der Waals surface area (Å²) in [5.41, 5.74) is 0.254. The quantitative estimate of drug-likeness (QED) is 0.873. The summed E-state index contributed by atoms with van der Waals surface area (Å²) in [6, 6.07) is 5.07. The molecule has 0 fully saturated rings. The van der Waals surface area contributed by atoms with E-state index in [0.717, 1.165) is 6.42 Å². The summed E-state index contributed by atoms with van der Waals surface area (Å²) in [6.45, 7) is 5.72. The second-order valence-electron chi connectivity index (χ2n) is 6.01. The summed E-state index contributed by atoms with van der Waals surface area (Å²) >= 11 is 0. The molecule has 5 nitrogen and oxygen atoms in total. The number of hydrogen-bond acceptors (Lipinski definition) is 4. The Morgan fingerprint density at radius 1 is 1.52 bits per heavy atom. The third kappa shape index (κ3) is 3.67. The van der Waals surface area contributed by atoms with E-state index in [-0.39, 0.29) is 0 Å². The van der Waals surface area contributed by atoms with Crippen LogP contribution in [0.2, 0.25) is 0 Å². The molecule has 2 rings (SSSR count). The molecule has 1 aromatic carbocycles. The molecule has 2 atom stereocenters. The lowest BCUT2D eigenvalue weighted by atomic mass is 9.92. The fourth-order valence-electron chi connectivity index (χ4n) is 2.53. The molecule has 0 spiro atoms. The second kappa shape index (κ2) is 5.93. The van der Waals surface area contributed by atoms with Gasteiger partial charge in [-0.25, -0.2) is 4.79 Å². The lowest BCUT2D eigenvalue weighted by Gasteiger charge is -2.35. The van der Waals surface area contributed by atoms with Crippen molar-refractivity contribution in [3.05, 3.63) is 23.8 Å². The van der Waals surface area contributed by atoms with E-state index in [1.165, 1.54) is 0 Å². The van der Waals surface area contributed by atoms with Crippen molar-refractivity contribution in [1.82, 2.24) is 0 Å². The Morgan fingerprint density at radius 2 is 2.24 bits per heavy atom. The Balaban J connectivity index is 2.22. The first-order valence-corrected chi connectivity index (χ1v) is 7.23. The summed E-state index contributed by atoms with van der Waals surface area (Å²) in [7, 11) is 0. The number of hydrogen-bond donors (Lipinski definition) is 2. The third-order valence-electron chi connectivity index (χ3n) is 3.52. The molecule has 2 unspecified atom stereocenters. The van der Waals surface area contributed by atoms with Crippen molar-refractivity contribution >= 4 is 5.97 Å². The van der Waals surface area contributed by atoms with E-state index in [0.29, 0.717) is 29.9 Å². The van der Waals surface area contributed by atoms with Gasteiger partial charge in [0.2, 0.25) is 0 Å². The molecule has 0 saturated carbocycles. The van der Waals surface area contributed by atoms with Crippen LogP contribution in [-0.2, 0) is 4.79 Å². The maximum Gasteiger partial charge on any atom is 0.344 e. The Bertz CT molecular complexity index is 523. The Labute approximate surface area is 124 Å². The molecule has 0 aromatic heterocycles. The summed E-state index contributed by atoms with van der Waals surface area (Å²) in [6.07, 6.45) is 0.248. The van der Waals surface area contributed by atoms with E-state index in [2.05, 4.69) is 0 Å². The molecule has 1 aliphatic heterocycles. The number of aliphatic carboxylic acids is 1. The molecule has 2 N–H and O–H groups in total. The van der Waals surface area contributed by atoms with Gasteiger partial charge in [0.25, 0.3) is 0 Å². The average Bonchev–Trinajstić information content (AvgIpc) is 2.36. The molecule has 0 amide bonds. The van der Waals surface area contributed by atoms with Crippen LogP contribution in [0.4, 0.5) is 0 Å². The van der Waals surface area contributed by atoms with Crippen LogP contribution in [0.3, 0.4) is 0 Å². The van der Waals surface area contributed by atoms with Crippen molar-refractivity contribution in [3.8, 4) is 11.5 Å². The van der Waals surface area contributed by atoms with Crippen molar-refractivity contribution in [2.45, 2.75) is 57.8 Å². The van der Waals surface area contributed by atoms with Crippen LogP contribution in [0.1, 0.15) is 51.7 Å². The van der Waals surface area contributed by atoms with Crippen LogP contribution < -0.4 is 9.47 Å². The van der Waals surface area contributed by atoms with E-state index in [4.69, 9.17) is 14.6 Å². The fraction of sp³-hybridized carbons (Fsp3) is 0.562. The zero-order chi connectivity index (χ0) is 15.6. The summed E-state index contributed by atoms with van der Waals surface area (Å²) in [5.74, 6) is 0.0206. The maximum absolute atomic E-state index is 11.1. The molecule has 1 aliphatic rings. The predicted octanol–water partition coefficient (Wildman–Crippen LogP) is 2.91. The summed E-state index contributed by atoms with van der Waals surface area (Å²) in [5, 5.41) is 19.3. The van der Waals surface area contributed by atoms with Crippen LogP contribution >= 0.6 is 0 Å². The van der Waals surface area contributed by atoms with E-state index in [1.807, 2.05) is 20.8 Å². The lowest BCUT2D eigenvalue weighted by Crippen LogP contribution is -2.34. The zero-order valence-corrected chi connectivity index (χ0v) is 12.6. The van der Waals surface area contributed by atoms with Crippen molar-refractivity contribution in [3.63, 3.8) is 0 Å². The SMILES string of the molecule is CCCC(Oc1ccc2c(c1)OC(C)(C)CC2O)C(=O)O. The van der Waals surface area contributed by atoms with Gasteiger partial charge in [0.1, 0.15) is 17.1 Å². The van der Waals surface area contributed by atoms with Crippen LogP contribution in [0.15, 0.2) is 18.2 Å². The van der Waals surface area contributed by atoms with Crippen molar-refractivity contribution < 1.29 is 24.5 Å². The molecular weight excluding hydrogens is 272 g/mol. The van der Waals surface area contributed by atoms with Crippen molar-refractivity contribution in [2.24, 2.45) is 0 Å². The van der Waals surface area contributed by atoms with Crippen molar-refractivity contribution in [1.29, 1.82) is 0 Å². The monoisotopic (exact) mass is 294 g/mol. The summed E-state index contributed by atoms with van der Waals surface area (Å²) in [4.78, 5) is 11.1. The molecule has 116 valence electrons. The maximum atomic E-state index is 11.1. The molecule has 1 heterocycles. The van der Waals surface area contributed by atoms with Gasteiger partial charge in [-0.1, -0.05) is 13.3 Å². The standard InChI is InChI=1S/C16H22O5/c1-4-5-13(15(18)19)20-10-6-7-11-12(17)9-16(2,3)21-14(11)8-10/h6-8,12-13,17H,4-5,9H2,1-3H3,(H,18,19). The largest absolute Gasteiger partial charge is 0.487 e. The molecule has 5 heteroatoms. The second-order valence-corrected chi connectivity index (χ2v) is 6.01. The first-order chi connectivity index (χ1) is 9.82. The van der Waals surface area contributed by atoms with Crippen LogP contribution in [0.25, 0.3) is 0 Å². The topological polar surface area (TPSA) is 76.0 Å². The molecular formula is C16H22O5. The Hall–Kier alpha value is -1.75. The summed E-state index contributed by atoms with van der Waals surface area (Å²) < 4.78 is 11.4. The number of rotatable bonds is 5. The van der Waals surface area contributed by atoms with Crippen molar-refractivity contribution in [2.75, 3.05) is 0 Å².